The van der Waals surface area contributed by atoms with Crippen molar-refractivity contribution in [2.75, 3.05) is 0 Å². The molecule has 3 heteroatoms. The van der Waals surface area contributed by atoms with Crippen LogP contribution in [-0.4, -0.2) is 22.8 Å². The second kappa shape index (κ2) is 14.1. The van der Waals surface area contributed by atoms with Gasteiger partial charge in [-0.05, 0) is 72.0 Å². The van der Waals surface area contributed by atoms with Gasteiger partial charge in [-0.3, -0.25) is 9.59 Å². The minimum atomic E-state index is -0.524. The maximum absolute atomic E-state index is 12.5. The number of aliphatic hydroxyl groups excluding tert-OH is 1. The Hall–Kier alpha value is -2.00. The van der Waals surface area contributed by atoms with Crippen LogP contribution in [0.4, 0.5) is 0 Å². The summed E-state index contributed by atoms with van der Waals surface area (Å²) in [4.78, 5) is 24.3. The first kappa shape index (κ1) is 29.0. The van der Waals surface area contributed by atoms with Crippen LogP contribution in [0.25, 0.3) is 0 Å². The molecule has 0 rings (SSSR count). The van der Waals surface area contributed by atoms with Crippen LogP contribution in [0.1, 0.15) is 82.1 Å². The first-order chi connectivity index (χ1) is 14.3. The van der Waals surface area contributed by atoms with Crippen LogP contribution in [-0.2, 0) is 9.59 Å². The number of Topliss-reactive ketones (excluding diaryl/α,β-unsaturated/α-hetero) is 2. The Kier molecular flexibility index (Phi) is 13.2. The van der Waals surface area contributed by atoms with E-state index in [1.54, 1.807) is 13.8 Å². The zero-order valence-electron chi connectivity index (χ0n) is 21.4. The highest BCUT2D eigenvalue weighted by Crippen LogP contribution is 2.20. The highest BCUT2D eigenvalue weighted by atomic mass is 16.3. The van der Waals surface area contributed by atoms with Crippen molar-refractivity contribution in [1.82, 2.24) is 0 Å². The smallest absolute Gasteiger partial charge is 0.146 e. The van der Waals surface area contributed by atoms with Crippen molar-refractivity contribution in [2.45, 2.75) is 88.2 Å². The predicted octanol–water partition coefficient (Wildman–Crippen LogP) is 6.95. The van der Waals surface area contributed by atoms with Crippen molar-refractivity contribution in [3.63, 3.8) is 0 Å². The largest absolute Gasteiger partial charge is 0.384 e. The van der Waals surface area contributed by atoms with E-state index >= 15 is 0 Å². The molecule has 0 saturated heterocycles. The van der Waals surface area contributed by atoms with E-state index in [0.29, 0.717) is 12.8 Å². The molecular weight excluding hydrogens is 384 g/mol. The van der Waals surface area contributed by atoms with Gasteiger partial charge in [-0.2, -0.15) is 0 Å². The quantitative estimate of drug-likeness (QED) is 0.208. The molecule has 0 radical (unpaired) electrons. The van der Waals surface area contributed by atoms with E-state index in [0.717, 1.165) is 27.9 Å². The highest BCUT2D eigenvalue weighted by molar-refractivity contribution is 6.02. The van der Waals surface area contributed by atoms with Crippen molar-refractivity contribution in [3.05, 3.63) is 58.2 Å². The molecule has 0 saturated carbocycles. The van der Waals surface area contributed by atoms with Crippen molar-refractivity contribution in [2.24, 2.45) is 17.8 Å². The van der Waals surface area contributed by atoms with E-state index in [1.807, 2.05) is 40.7 Å². The lowest BCUT2D eigenvalue weighted by Gasteiger charge is -2.15. The van der Waals surface area contributed by atoms with Crippen molar-refractivity contribution < 1.29 is 14.7 Å². The summed E-state index contributed by atoms with van der Waals surface area (Å²) in [5, 5.41) is 10.3. The number of hydrogen-bond acceptors (Lipinski definition) is 3. The molecule has 31 heavy (non-hydrogen) atoms. The highest BCUT2D eigenvalue weighted by Gasteiger charge is 2.24. The first-order valence-electron chi connectivity index (χ1n) is 11.4. The number of carbonyl (C=O) groups excluding carboxylic acids is 2. The standard InChI is InChI=1S/C28H44O3/c1-11-22(7)27(30)23(8)16-20(5)14-18(3)13-19(4)15-21(6)17-24(9)28(31)25(10)26(29)12-2/h11,13-16,20,24-25,27,30H,12,17H2,1-10H3/b18-14+,19-13+,21-15+,22-11+,23-16+. The Morgan fingerprint density at radius 2 is 1.45 bits per heavy atom. The van der Waals surface area contributed by atoms with Crippen LogP contribution < -0.4 is 0 Å². The number of allylic oxidation sites excluding steroid dienone is 8. The van der Waals surface area contributed by atoms with Gasteiger partial charge in [-0.1, -0.05) is 67.9 Å². The van der Waals surface area contributed by atoms with E-state index in [1.165, 1.54) is 0 Å². The van der Waals surface area contributed by atoms with E-state index < -0.39 is 12.0 Å². The van der Waals surface area contributed by atoms with Gasteiger partial charge in [0, 0.05) is 12.3 Å². The summed E-state index contributed by atoms with van der Waals surface area (Å²) in [6, 6.07) is 0. The maximum atomic E-state index is 12.5. The molecule has 0 fully saturated rings. The van der Waals surface area contributed by atoms with Crippen LogP contribution >= 0.6 is 0 Å². The minimum Gasteiger partial charge on any atom is -0.384 e. The third-order valence-corrected chi connectivity index (χ3v) is 5.67. The Labute approximate surface area is 190 Å². The third kappa shape index (κ3) is 10.7. The SMILES string of the molecule is C/C=C(\C)C(O)/C(C)=C/C(C)/C=C(C)/C=C(C)/C=C(\C)CC(C)C(=O)C(C)C(=O)CC. The van der Waals surface area contributed by atoms with E-state index in [2.05, 4.69) is 45.1 Å². The van der Waals surface area contributed by atoms with Gasteiger partial charge in [0.2, 0.25) is 0 Å². The molecule has 3 nitrogen and oxygen atoms in total. The average Bonchev–Trinajstić information content (AvgIpc) is 2.69. The van der Waals surface area contributed by atoms with E-state index in [-0.39, 0.29) is 23.4 Å². The fourth-order valence-corrected chi connectivity index (χ4v) is 3.86. The molecule has 0 bridgehead atoms. The Morgan fingerprint density at radius 1 is 0.871 bits per heavy atom. The summed E-state index contributed by atoms with van der Waals surface area (Å²) in [6.07, 6.45) is 11.0. The summed E-state index contributed by atoms with van der Waals surface area (Å²) in [5.74, 6) is -0.413. The van der Waals surface area contributed by atoms with E-state index in [4.69, 9.17) is 0 Å². The predicted molar refractivity (Wildman–Crippen MR) is 133 cm³/mol. The molecule has 0 aromatic heterocycles. The molecule has 0 aliphatic carbocycles. The summed E-state index contributed by atoms with van der Waals surface area (Å²) < 4.78 is 0. The minimum absolute atomic E-state index is 0.0159. The molecule has 0 aromatic rings. The van der Waals surface area contributed by atoms with Crippen LogP contribution in [0, 0.1) is 17.8 Å². The average molecular weight is 429 g/mol. The van der Waals surface area contributed by atoms with Crippen LogP contribution in [0.3, 0.4) is 0 Å². The molecule has 174 valence electrons. The van der Waals surface area contributed by atoms with Gasteiger partial charge in [0.15, 0.2) is 0 Å². The van der Waals surface area contributed by atoms with Gasteiger partial charge in [0.05, 0.1) is 12.0 Å². The van der Waals surface area contributed by atoms with Crippen LogP contribution in [0.5, 0.6) is 0 Å². The summed E-state index contributed by atoms with van der Waals surface area (Å²) in [6.45, 7) is 19.5. The van der Waals surface area contributed by atoms with Crippen molar-refractivity contribution in [1.29, 1.82) is 0 Å². The number of aliphatic hydroxyl groups is 1. The molecule has 1 N–H and O–H groups in total. The Balaban J connectivity index is 5.17. The lowest BCUT2D eigenvalue weighted by atomic mass is 9.87. The zero-order chi connectivity index (χ0) is 24.3. The van der Waals surface area contributed by atoms with Crippen molar-refractivity contribution >= 4 is 11.6 Å². The van der Waals surface area contributed by atoms with Crippen molar-refractivity contribution in [3.8, 4) is 0 Å². The van der Waals surface area contributed by atoms with E-state index in [9.17, 15) is 14.7 Å². The summed E-state index contributed by atoms with van der Waals surface area (Å²) >= 11 is 0. The second-order valence-electron chi connectivity index (χ2n) is 9.04. The third-order valence-electron chi connectivity index (χ3n) is 5.67. The van der Waals surface area contributed by atoms with Gasteiger partial charge < -0.3 is 5.11 Å². The zero-order valence-corrected chi connectivity index (χ0v) is 21.4. The second-order valence-corrected chi connectivity index (χ2v) is 9.04. The van der Waals surface area contributed by atoms with Crippen LogP contribution in [0.2, 0.25) is 0 Å². The van der Waals surface area contributed by atoms with Gasteiger partial charge in [-0.15, -0.1) is 0 Å². The molecule has 0 aliphatic heterocycles. The Bertz CT molecular complexity index is 774. The number of carbonyl (C=O) groups is 2. The molecule has 0 spiro atoms. The summed E-state index contributed by atoms with van der Waals surface area (Å²) in [5.41, 5.74) is 5.33. The molecule has 4 atom stereocenters. The molecular formula is C28H44O3. The monoisotopic (exact) mass is 428 g/mol. The fraction of sp³-hybridized carbons (Fsp3) is 0.571. The topological polar surface area (TPSA) is 54.4 Å². The fourth-order valence-electron chi connectivity index (χ4n) is 3.86. The first-order valence-corrected chi connectivity index (χ1v) is 11.4. The number of hydrogen-bond donors (Lipinski definition) is 1. The van der Waals surface area contributed by atoms with Gasteiger partial charge in [-0.25, -0.2) is 0 Å². The molecule has 0 amide bonds. The van der Waals surface area contributed by atoms with Gasteiger partial charge in [0.1, 0.15) is 11.6 Å². The molecule has 0 aromatic carbocycles. The normalized spacial score (nSPS) is 18.5. The molecule has 0 aliphatic rings. The Morgan fingerprint density at radius 3 is 1.97 bits per heavy atom. The molecule has 0 heterocycles. The molecule has 4 unspecified atom stereocenters. The maximum Gasteiger partial charge on any atom is 0.146 e. The van der Waals surface area contributed by atoms with Gasteiger partial charge >= 0.3 is 0 Å². The van der Waals surface area contributed by atoms with Gasteiger partial charge in [0.25, 0.3) is 0 Å². The number of ketones is 2. The lowest BCUT2D eigenvalue weighted by molar-refractivity contribution is -0.134. The van der Waals surface area contributed by atoms with Crippen LogP contribution in [0.15, 0.2) is 58.2 Å². The lowest BCUT2D eigenvalue weighted by Crippen LogP contribution is -2.26. The summed E-state index contributed by atoms with van der Waals surface area (Å²) in [7, 11) is 0. The number of rotatable bonds is 12.